The summed E-state index contributed by atoms with van der Waals surface area (Å²) < 4.78 is 13.8. The van der Waals surface area contributed by atoms with Crippen molar-refractivity contribution in [2.75, 3.05) is 5.32 Å². The molecule has 1 amide bonds. The zero-order valence-electron chi connectivity index (χ0n) is 10.4. The number of rotatable bonds is 3. The Balaban J connectivity index is 1.70. The molecule has 19 heavy (non-hydrogen) atoms. The van der Waals surface area contributed by atoms with Gasteiger partial charge in [0.25, 0.3) is 0 Å². The van der Waals surface area contributed by atoms with Gasteiger partial charge in [0.2, 0.25) is 5.91 Å². The van der Waals surface area contributed by atoms with Gasteiger partial charge in [-0.3, -0.25) is 4.79 Å². The van der Waals surface area contributed by atoms with Crippen LogP contribution in [-0.4, -0.2) is 10.9 Å². The molecule has 2 aliphatic rings. The van der Waals surface area contributed by atoms with Crippen LogP contribution in [0, 0.1) is 23.6 Å². The zero-order chi connectivity index (χ0) is 13.6. The van der Waals surface area contributed by atoms with Crippen LogP contribution >= 0.6 is 12.2 Å². The summed E-state index contributed by atoms with van der Waals surface area (Å²) in [5, 5.41) is 2.67. The summed E-state index contributed by atoms with van der Waals surface area (Å²) in [5.74, 6) is 0.586. The normalized spacial score (nSPS) is 27.7. The van der Waals surface area contributed by atoms with Crippen molar-refractivity contribution >= 4 is 28.8 Å². The molecular weight excluding hydrogens is 263 g/mol. The molecule has 0 bridgehead atoms. The molecule has 0 saturated heterocycles. The number of fused-ring (bicyclic) bond motifs is 1. The average Bonchev–Trinajstić information content (AvgIpc) is 2.85. The Hall–Kier alpha value is -1.49. The standard InChI is InChI=1S/C14H15FN2OS/c15-10-6-7(13(16)19)4-5-11(10)17-14(18)12-8-2-1-3-9(8)12/h4-6,8-9,12H,1-3H2,(H2,16,19)(H,17,18). The van der Waals surface area contributed by atoms with Gasteiger partial charge in [-0.05, 0) is 42.9 Å². The highest BCUT2D eigenvalue weighted by atomic mass is 32.1. The van der Waals surface area contributed by atoms with Gasteiger partial charge in [0.1, 0.15) is 10.8 Å². The lowest BCUT2D eigenvalue weighted by Crippen LogP contribution is -2.18. The summed E-state index contributed by atoms with van der Waals surface area (Å²) in [6, 6.07) is 4.39. The van der Waals surface area contributed by atoms with Gasteiger partial charge in [-0.25, -0.2) is 4.39 Å². The van der Waals surface area contributed by atoms with Crippen LogP contribution in [0.1, 0.15) is 24.8 Å². The molecule has 0 radical (unpaired) electrons. The van der Waals surface area contributed by atoms with Gasteiger partial charge in [0.05, 0.1) is 5.69 Å². The molecule has 0 spiro atoms. The third-order valence-electron chi connectivity index (χ3n) is 4.22. The smallest absolute Gasteiger partial charge is 0.228 e. The number of hydrogen-bond donors (Lipinski definition) is 2. The number of amides is 1. The maximum atomic E-state index is 13.8. The van der Waals surface area contributed by atoms with E-state index < -0.39 is 5.82 Å². The number of carbonyl (C=O) groups excluding carboxylic acids is 1. The molecule has 2 atom stereocenters. The van der Waals surface area contributed by atoms with Crippen molar-refractivity contribution in [1.29, 1.82) is 0 Å². The van der Waals surface area contributed by atoms with Crippen LogP contribution in [0.3, 0.4) is 0 Å². The van der Waals surface area contributed by atoms with Crippen LogP contribution in [0.15, 0.2) is 18.2 Å². The largest absolute Gasteiger partial charge is 0.389 e. The van der Waals surface area contributed by atoms with Gasteiger partial charge in [0.15, 0.2) is 0 Å². The van der Waals surface area contributed by atoms with E-state index in [1.807, 2.05) is 0 Å². The second-order valence-corrected chi connectivity index (χ2v) is 5.77. The van der Waals surface area contributed by atoms with E-state index in [4.69, 9.17) is 18.0 Å². The first kappa shape index (κ1) is 12.5. The van der Waals surface area contributed by atoms with E-state index >= 15 is 0 Å². The minimum absolute atomic E-state index is 0.0586. The van der Waals surface area contributed by atoms with Gasteiger partial charge >= 0.3 is 0 Å². The first-order valence-electron chi connectivity index (χ1n) is 6.48. The molecule has 100 valence electrons. The minimum Gasteiger partial charge on any atom is -0.389 e. The van der Waals surface area contributed by atoms with Crippen molar-refractivity contribution in [1.82, 2.24) is 0 Å². The van der Waals surface area contributed by atoms with Crippen molar-refractivity contribution in [2.24, 2.45) is 23.5 Å². The van der Waals surface area contributed by atoms with Crippen LogP contribution in [0.5, 0.6) is 0 Å². The fraction of sp³-hybridized carbons (Fsp3) is 0.429. The summed E-state index contributed by atoms with van der Waals surface area (Å²) in [6.07, 6.45) is 3.48. The number of nitrogens with two attached hydrogens (primary N) is 1. The molecular formula is C14H15FN2OS. The lowest BCUT2D eigenvalue weighted by Gasteiger charge is -2.08. The Bertz CT molecular complexity index is 550. The van der Waals surface area contributed by atoms with Crippen LogP contribution in [-0.2, 0) is 4.79 Å². The van der Waals surface area contributed by atoms with E-state index in [1.165, 1.54) is 18.6 Å². The first-order valence-corrected chi connectivity index (χ1v) is 6.89. The molecule has 0 aromatic heterocycles. The second kappa shape index (κ2) is 4.56. The number of benzene rings is 1. The molecule has 5 heteroatoms. The van der Waals surface area contributed by atoms with Gasteiger partial charge in [0, 0.05) is 11.5 Å². The van der Waals surface area contributed by atoms with Crippen LogP contribution in [0.2, 0.25) is 0 Å². The summed E-state index contributed by atoms with van der Waals surface area (Å²) in [6.45, 7) is 0. The summed E-state index contributed by atoms with van der Waals surface area (Å²) in [7, 11) is 0. The molecule has 3 rings (SSSR count). The monoisotopic (exact) mass is 278 g/mol. The van der Waals surface area contributed by atoms with Gasteiger partial charge in [-0.2, -0.15) is 0 Å². The number of hydrogen-bond acceptors (Lipinski definition) is 2. The Morgan fingerprint density at radius 3 is 2.63 bits per heavy atom. The fourth-order valence-corrected chi connectivity index (χ4v) is 3.32. The van der Waals surface area contributed by atoms with E-state index in [0.29, 0.717) is 17.4 Å². The van der Waals surface area contributed by atoms with Crippen molar-refractivity contribution in [3.8, 4) is 0 Å². The molecule has 2 unspecified atom stereocenters. The lowest BCUT2D eigenvalue weighted by molar-refractivity contribution is -0.118. The van der Waals surface area contributed by atoms with E-state index in [1.54, 1.807) is 6.07 Å². The molecule has 2 fully saturated rings. The quantitative estimate of drug-likeness (QED) is 0.835. The molecule has 0 aliphatic heterocycles. The van der Waals surface area contributed by atoms with Crippen LogP contribution in [0.4, 0.5) is 10.1 Å². The second-order valence-electron chi connectivity index (χ2n) is 5.33. The maximum absolute atomic E-state index is 13.8. The average molecular weight is 278 g/mol. The predicted octanol–water partition coefficient (Wildman–Crippen LogP) is 2.44. The lowest BCUT2D eigenvalue weighted by atomic mass is 10.1. The molecule has 0 heterocycles. The summed E-state index contributed by atoms with van der Waals surface area (Å²) in [4.78, 5) is 12.2. The molecule has 3 nitrogen and oxygen atoms in total. The topological polar surface area (TPSA) is 55.1 Å². The Morgan fingerprint density at radius 2 is 2.05 bits per heavy atom. The Labute approximate surface area is 116 Å². The van der Waals surface area contributed by atoms with E-state index in [2.05, 4.69) is 5.32 Å². The SMILES string of the molecule is NC(=S)c1ccc(NC(=O)C2C3CCCC32)c(F)c1. The fourth-order valence-electron chi connectivity index (χ4n) is 3.20. The predicted molar refractivity (Wildman–Crippen MR) is 75.2 cm³/mol. The highest BCUT2D eigenvalue weighted by molar-refractivity contribution is 7.80. The van der Waals surface area contributed by atoms with Gasteiger partial charge in [-0.1, -0.05) is 18.6 Å². The number of nitrogens with one attached hydrogen (secondary N) is 1. The molecule has 1 aromatic rings. The Kier molecular flexibility index (Phi) is 3.01. The van der Waals surface area contributed by atoms with Crippen molar-refractivity contribution in [3.63, 3.8) is 0 Å². The number of thiocarbonyl (C=S) groups is 1. The van der Waals surface area contributed by atoms with Crippen molar-refractivity contribution in [3.05, 3.63) is 29.6 Å². The van der Waals surface area contributed by atoms with Gasteiger partial charge < -0.3 is 11.1 Å². The minimum atomic E-state index is -0.496. The third-order valence-corrected chi connectivity index (χ3v) is 4.46. The molecule has 1 aromatic carbocycles. The van der Waals surface area contributed by atoms with Gasteiger partial charge in [-0.15, -0.1) is 0 Å². The summed E-state index contributed by atoms with van der Waals surface area (Å²) >= 11 is 4.78. The highest BCUT2D eigenvalue weighted by Crippen LogP contribution is 2.57. The number of halogens is 1. The van der Waals surface area contributed by atoms with Crippen molar-refractivity contribution < 1.29 is 9.18 Å². The zero-order valence-corrected chi connectivity index (χ0v) is 11.2. The highest BCUT2D eigenvalue weighted by Gasteiger charge is 2.56. The number of carbonyl (C=O) groups is 1. The molecule has 2 aliphatic carbocycles. The van der Waals surface area contributed by atoms with Crippen LogP contribution in [0.25, 0.3) is 0 Å². The third kappa shape index (κ3) is 2.23. The Morgan fingerprint density at radius 1 is 1.37 bits per heavy atom. The molecule has 2 saturated carbocycles. The van der Waals surface area contributed by atoms with E-state index in [9.17, 15) is 9.18 Å². The van der Waals surface area contributed by atoms with Crippen molar-refractivity contribution in [2.45, 2.75) is 19.3 Å². The first-order chi connectivity index (χ1) is 9.08. The summed E-state index contributed by atoms with van der Waals surface area (Å²) in [5.41, 5.74) is 6.10. The van der Waals surface area contributed by atoms with E-state index in [0.717, 1.165) is 12.8 Å². The van der Waals surface area contributed by atoms with E-state index in [-0.39, 0.29) is 22.5 Å². The maximum Gasteiger partial charge on any atom is 0.228 e. The molecule has 3 N–H and O–H groups in total. The number of anilines is 1. The van der Waals surface area contributed by atoms with Crippen LogP contribution < -0.4 is 11.1 Å².